The fourth-order valence-corrected chi connectivity index (χ4v) is 5.78. The number of hydrogen-bond acceptors (Lipinski definition) is 2. The normalized spacial score (nSPS) is 13.7. The third-order valence-corrected chi connectivity index (χ3v) is 8.51. The summed E-state index contributed by atoms with van der Waals surface area (Å²) in [6.45, 7) is 8.85. The molecule has 0 spiro atoms. The van der Waals surface area contributed by atoms with Crippen molar-refractivity contribution in [2.24, 2.45) is 11.8 Å². The fourth-order valence-electron chi connectivity index (χ4n) is 3.47. The van der Waals surface area contributed by atoms with Gasteiger partial charge in [-0.3, -0.25) is 4.79 Å². The van der Waals surface area contributed by atoms with Crippen LogP contribution >= 0.6 is 15.9 Å². The molecule has 0 aromatic heterocycles. The van der Waals surface area contributed by atoms with Crippen molar-refractivity contribution in [3.05, 3.63) is 64.6 Å². The van der Waals surface area contributed by atoms with E-state index in [2.05, 4.69) is 103 Å². The molecule has 0 radical (unpaired) electrons. The minimum Gasteiger partial charge on any atom is -0.468 e. The summed E-state index contributed by atoms with van der Waals surface area (Å²) in [6.07, 6.45) is 0.109. The Kier molecular flexibility index (Phi) is 8.97. The van der Waals surface area contributed by atoms with Crippen molar-refractivity contribution in [2.75, 3.05) is 7.11 Å². The molecule has 30 heavy (non-hydrogen) atoms. The topological polar surface area (TPSA) is 26.3 Å². The number of methoxy groups -OCH3 is 1. The SMILES string of the molecule is COC(=O)CC#C[C@@H](C)[C@@H](c1ccccc1Br)[C@@H](C)C#C[Si](C)(C)c1ccccc1. The van der Waals surface area contributed by atoms with Gasteiger partial charge in [-0.2, -0.15) is 0 Å². The first kappa shape index (κ1) is 24.0. The summed E-state index contributed by atoms with van der Waals surface area (Å²) in [5.74, 6) is 9.77. The standard InChI is InChI=1S/C26H29BrO2Si/c1-20(12-11-17-25(28)29-3)26(23-15-9-10-16-24(23)27)21(2)18-19-30(4,5)22-13-7-6-8-14-22/h6-10,13-16,20-21,26H,17H2,1-5H3/t20-,21+,26-/m1/s1. The van der Waals surface area contributed by atoms with Gasteiger partial charge in [0.1, 0.15) is 6.42 Å². The van der Waals surface area contributed by atoms with E-state index in [0.29, 0.717) is 0 Å². The minimum absolute atomic E-state index is 0.0409. The van der Waals surface area contributed by atoms with Crippen LogP contribution in [0.3, 0.4) is 0 Å². The van der Waals surface area contributed by atoms with Crippen LogP contribution in [0.1, 0.15) is 31.7 Å². The lowest BCUT2D eigenvalue weighted by atomic mass is 9.79. The van der Waals surface area contributed by atoms with Gasteiger partial charge in [0, 0.05) is 22.2 Å². The Morgan fingerprint density at radius 3 is 2.23 bits per heavy atom. The van der Waals surface area contributed by atoms with E-state index in [-0.39, 0.29) is 30.1 Å². The molecular formula is C26H29BrO2Si. The van der Waals surface area contributed by atoms with Crippen molar-refractivity contribution < 1.29 is 9.53 Å². The zero-order valence-corrected chi connectivity index (χ0v) is 20.9. The van der Waals surface area contributed by atoms with Gasteiger partial charge < -0.3 is 4.74 Å². The fraction of sp³-hybridized carbons (Fsp3) is 0.346. The monoisotopic (exact) mass is 480 g/mol. The van der Waals surface area contributed by atoms with Crippen molar-refractivity contribution in [3.63, 3.8) is 0 Å². The first-order chi connectivity index (χ1) is 14.3. The summed E-state index contributed by atoms with van der Waals surface area (Å²) in [5.41, 5.74) is 4.83. The van der Waals surface area contributed by atoms with Crippen LogP contribution in [0.5, 0.6) is 0 Å². The second-order valence-corrected chi connectivity index (χ2v) is 12.9. The molecule has 0 amide bonds. The third-order valence-electron chi connectivity index (χ3n) is 5.24. The molecular weight excluding hydrogens is 452 g/mol. The van der Waals surface area contributed by atoms with Gasteiger partial charge in [0.25, 0.3) is 0 Å². The Hall–Kier alpha value is -2.27. The maximum absolute atomic E-state index is 11.4. The molecule has 0 fully saturated rings. The van der Waals surface area contributed by atoms with Crippen LogP contribution in [-0.2, 0) is 9.53 Å². The van der Waals surface area contributed by atoms with Gasteiger partial charge in [0.05, 0.1) is 7.11 Å². The second kappa shape index (κ2) is 11.2. The smallest absolute Gasteiger partial charge is 0.317 e. The summed E-state index contributed by atoms with van der Waals surface area (Å²) in [5, 5.41) is 1.34. The van der Waals surface area contributed by atoms with E-state index in [1.54, 1.807) is 0 Å². The van der Waals surface area contributed by atoms with Crippen LogP contribution in [0.15, 0.2) is 59.1 Å². The summed E-state index contributed by atoms with van der Waals surface area (Å²) >= 11 is 3.70. The third kappa shape index (κ3) is 6.63. The molecule has 0 heterocycles. The molecule has 4 heteroatoms. The summed E-state index contributed by atoms with van der Waals surface area (Å²) in [7, 11) is -0.470. The highest BCUT2D eigenvalue weighted by Gasteiger charge is 2.26. The van der Waals surface area contributed by atoms with Gasteiger partial charge in [-0.05, 0) is 16.8 Å². The lowest BCUT2D eigenvalue weighted by molar-refractivity contribution is -0.139. The lowest BCUT2D eigenvalue weighted by Gasteiger charge is -2.26. The molecule has 2 rings (SSSR count). The van der Waals surface area contributed by atoms with Gasteiger partial charge in [-0.1, -0.05) is 103 Å². The van der Waals surface area contributed by atoms with E-state index in [9.17, 15) is 4.79 Å². The molecule has 2 aromatic carbocycles. The summed E-state index contributed by atoms with van der Waals surface area (Å²) in [6, 6.07) is 18.8. The molecule has 0 aliphatic carbocycles. The Morgan fingerprint density at radius 1 is 1.00 bits per heavy atom. The average Bonchev–Trinajstić information content (AvgIpc) is 2.74. The van der Waals surface area contributed by atoms with Crippen LogP contribution in [-0.4, -0.2) is 21.2 Å². The Balaban J connectivity index is 2.35. The predicted octanol–water partition coefficient (Wildman–Crippen LogP) is 5.53. The minimum atomic E-state index is -1.85. The van der Waals surface area contributed by atoms with Crippen LogP contribution in [0, 0.1) is 35.1 Å². The maximum atomic E-state index is 11.4. The van der Waals surface area contributed by atoms with Gasteiger partial charge in [-0.15, -0.1) is 11.5 Å². The van der Waals surface area contributed by atoms with Crippen molar-refractivity contribution in [1.82, 2.24) is 0 Å². The molecule has 156 valence electrons. The zero-order chi connectivity index (χ0) is 22.1. The largest absolute Gasteiger partial charge is 0.468 e. The molecule has 0 N–H and O–H groups in total. The predicted molar refractivity (Wildman–Crippen MR) is 131 cm³/mol. The maximum Gasteiger partial charge on any atom is 0.317 e. The van der Waals surface area contributed by atoms with E-state index in [0.717, 1.165) is 4.47 Å². The van der Waals surface area contributed by atoms with Crippen LogP contribution in [0.2, 0.25) is 13.1 Å². The average molecular weight is 482 g/mol. The molecule has 0 saturated heterocycles. The van der Waals surface area contributed by atoms with Gasteiger partial charge in [-0.25, -0.2) is 0 Å². The number of hydrogen-bond donors (Lipinski definition) is 0. The number of ether oxygens (including phenoxy) is 1. The highest BCUT2D eigenvalue weighted by molar-refractivity contribution is 9.10. The number of esters is 1. The van der Waals surface area contributed by atoms with Crippen molar-refractivity contribution in [3.8, 4) is 23.3 Å². The van der Waals surface area contributed by atoms with Gasteiger partial charge >= 0.3 is 5.97 Å². The van der Waals surface area contributed by atoms with Crippen LogP contribution in [0.4, 0.5) is 0 Å². The number of halogens is 1. The van der Waals surface area contributed by atoms with E-state index in [4.69, 9.17) is 4.74 Å². The Morgan fingerprint density at radius 2 is 1.60 bits per heavy atom. The first-order valence-electron chi connectivity index (χ1n) is 10.1. The molecule has 3 atom stereocenters. The van der Waals surface area contributed by atoms with E-state index in [1.807, 2.05) is 18.2 Å². The summed E-state index contributed by atoms with van der Waals surface area (Å²) < 4.78 is 5.76. The highest BCUT2D eigenvalue weighted by atomic mass is 79.9. The Bertz CT molecular complexity index is 977. The molecule has 0 aliphatic rings. The number of benzene rings is 2. The molecule has 2 nitrogen and oxygen atoms in total. The van der Waals surface area contributed by atoms with Crippen LogP contribution < -0.4 is 5.19 Å². The molecule has 2 aromatic rings. The van der Waals surface area contributed by atoms with E-state index >= 15 is 0 Å². The quantitative estimate of drug-likeness (QED) is 0.319. The van der Waals surface area contributed by atoms with Crippen molar-refractivity contribution >= 4 is 35.2 Å². The highest BCUT2D eigenvalue weighted by Crippen LogP contribution is 2.36. The van der Waals surface area contributed by atoms with Crippen molar-refractivity contribution in [1.29, 1.82) is 0 Å². The Labute approximate surface area is 190 Å². The van der Waals surface area contributed by atoms with E-state index < -0.39 is 8.07 Å². The second-order valence-electron chi connectivity index (χ2n) is 7.96. The van der Waals surface area contributed by atoms with Crippen LogP contribution in [0.25, 0.3) is 0 Å². The van der Waals surface area contributed by atoms with Crippen molar-refractivity contribution in [2.45, 2.75) is 39.3 Å². The number of rotatable bonds is 5. The first-order valence-corrected chi connectivity index (χ1v) is 13.9. The van der Waals surface area contributed by atoms with E-state index in [1.165, 1.54) is 17.9 Å². The number of carbonyl (C=O) groups is 1. The lowest BCUT2D eigenvalue weighted by Crippen LogP contribution is -2.40. The van der Waals surface area contributed by atoms with Gasteiger partial charge in [0.15, 0.2) is 8.07 Å². The number of carbonyl (C=O) groups excluding carboxylic acids is 1. The molecule has 0 aliphatic heterocycles. The zero-order valence-electron chi connectivity index (χ0n) is 18.3. The van der Waals surface area contributed by atoms with Gasteiger partial charge in [0.2, 0.25) is 0 Å². The molecule has 0 unspecified atom stereocenters. The summed E-state index contributed by atoms with van der Waals surface area (Å²) in [4.78, 5) is 11.4. The molecule has 0 bridgehead atoms. The molecule has 0 saturated carbocycles.